The smallest absolute Gasteiger partial charge is 0.336 e. The molecule has 2 bridgehead atoms. The molecular formula is C20H24N2O2S. The fraction of sp³-hybridized carbons (Fsp3) is 0.500. The van der Waals surface area contributed by atoms with Gasteiger partial charge in [0.05, 0.1) is 0 Å². The van der Waals surface area contributed by atoms with E-state index in [4.69, 9.17) is 16.6 Å². The van der Waals surface area contributed by atoms with Gasteiger partial charge in [0, 0.05) is 29.2 Å². The highest BCUT2D eigenvalue weighted by molar-refractivity contribution is 7.80. The number of hydrogen-bond donors (Lipinski definition) is 2. The second kappa shape index (κ2) is 6.45. The van der Waals surface area contributed by atoms with Gasteiger partial charge in [-0.25, -0.2) is 4.79 Å². The minimum absolute atomic E-state index is 0.326. The molecule has 2 fully saturated rings. The number of benzene rings is 1. The average molecular weight is 356 g/mol. The Morgan fingerprint density at radius 3 is 2.84 bits per heavy atom. The van der Waals surface area contributed by atoms with E-state index >= 15 is 0 Å². The Kier molecular flexibility index (Phi) is 4.28. The van der Waals surface area contributed by atoms with Gasteiger partial charge in [-0.15, -0.1) is 0 Å². The molecule has 4 atom stereocenters. The predicted molar refractivity (Wildman–Crippen MR) is 105 cm³/mol. The fourth-order valence-electron chi connectivity index (χ4n) is 4.79. The number of nitrogens with one attached hydrogen (secondary N) is 2. The highest BCUT2D eigenvalue weighted by atomic mass is 32.1. The van der Waals surface area contributed by atoms with Crippen LogP contribution in [0.25, 0.3) is 11.0 Å². The summed E-state index contributed by atoms with van der Waals surface area (Å²) in [5.74, 6) is 2.54. The zero-order valence-corrected chi connectivity index (χ0v) is 15.5. The summed E-state index contributed by atoms with van der Waals surface area (Å²) in [5.41, 5.74) is 2.01. The molecule has 0 amide bonds. The van der Waals surface area contributed by atoms with E-state index in [1.165, 1.54) is 31.7 Å². The molecule has 1 aromatic heterocycles. The van der Waals surface area contributed by atoms with Crippen molar-refractivity contribution in [3.05, 3.63) is 40.2 Å². The summed E-state index contributed by atoms with van der Waals surface area (Å²) in [6, 6.07) is 7.65. The zero-order valence-electron chi connectivity index (χ0n) is 14.7. The highest BCUT2D eigenvalue weighted by Crippen LogP contribution is 2.49. The van der Waals surface area contributed by atoms with E-state index in [-0.39, 0.29) is 5.63 Å². The Morgan fingerprint density at radius 1 is 1.28 bits per heavy atom. The van der Waals surface area contributed by atoms with E-state index in [1.54, 1.807) is 0 Å². The van der Waals surface area contributed by atoms with E-state index in [0.717, 1.165) is 34.4 Å². The van der Waals surface area contributed by atoms with Crippen LogP contribution in [-0.4, -0.2) is 11.2 Å². The summed E-state index contributed by atoms with van der Waals surface area (Å²) in [7, 11) is 0. The Hall–Kier alpha value is -1.88. The van der Waals surface area contributed by atoms with Gasteiger partial charge in [-0.05, 0) is 80.8 Å². The molecule has 4 rings (SSSR count). The lowest BCUT2D eigenvalue weighted by molar-refractivity contribution is 0.279. The molecule has 0 saturated heterocycles. The van der Waals surface area contributed by atoms with Crippen LogP contribution in [0.4, 0.5) is 5.69 Å². The predicted octanol–water partition coefficient (Wildman–Crippen LogP) is 4.21. The molecule has 1 heterocycles. The Morgan fingerprint density at radius 2 is 2.12 bits per heavy atom. The molecule has 1 aromatic carbocycles. The van der Waals surface area contributed by atoms with Gasteiger partial charge in [0.25, 0.3) is 0 Å². The number of rotatable bonds is 3. The Labute approximate surface area is 153 Å². The third kappa shape index (κ3) is 3.30. The van der Waals surface area contributed by atoms with Gasteiger partial charge in [0.1, 0.15) is 5.58 Å². The van der Waals surface area contributed by atoms with E-state index < -0.39 is 0 Å². The van der Waals surface area contributed by atoms with Crippen molar-refractivity contribution >= 4 is 34.0 Å². The van der Waals surface area contributed by atoms with Crippen LogP contribution in [0, 0.1) is 24.7 Å². The summed E-state index contributed by atoms with van der Waals surface area (Å²) in [5, 5.41) is 8.26. The summed E-state index contributed by atoms with van der Waals surface area (Å²) in [6.45, 7) is 4.15. The quantitative estimate of drug-likeness (QED) is 0.637. The van der Waals surface area contributed by atoms with Crippen LogP contribution in [0.3, 0.4) is 0 Å². The molecule has 0 unspecified atom stereocenters. The van der Waals surface area contributed by atoms with Crippen molar-refractivity contribution in [2.24, 2.45) is 17.8 Å². The first-order valence-electron chi connectivity index (χ1n) is 9.11. The molecule has 4 nitrogen and oxygen atoms in total. The molecule has 2 aliphatic carbocycles. The summed E-state index contributed by atoms with van der Waals surface area (Å²) in [6.07, 6.45) is 5.53. The second-order valence-corrected chi connectivity index (χ2v) is 8.09. The van der Waals surface area contributed by atoms with E-state index in [0.29, 0.717) is 16.7 Å². The summed E-state index contributed by atoms with van der Waals surface area (Å²) < 4.78 is 5.30. The van der Waals surface area contributed by atoms with Crippen molar-refractivity contribution in [1.82, 2.24) is 5.32 Å². The fourth-order valence-corrected chi connectivity index (χ4v) is 5.09. The van der Waals surface area contributed by atoms with Crippen molar-refractivity contribution in [3.63, 3.8) is 0 Å². The first-order valence-corrected chi connectivity index (χ1v) is 9.52. The van der Waals surface area contributed by atoms with Gasteiger partial charge >= 0.3 is 5.63 Å². The summed E-state index contributed by atoms with van der Waals surface area (Å²) >= 11 is 5.49. The Balaban J connectivity index is 1.44. The van der Waals surface area contributed by atoms with E-state index in [1.807, 2.05) is 25.1 Å². The molecule has 0 spiro atoms. The van der Waals surface area contributed by atoms with Gasteiger partial charge < -0.3 is 15.1 Å². The minimum Gasteiger partial charge on any atom is -0.423 e. The van der Waals surface area contributed by atoms with Crippen LogP contribution in [0.5, 0.6) is 0 Å². The maximum Gasteiger partial charge on any atom is 0.336 e. The lowest BCUT2D eigenvalue weighted by Crippen LogP contribution is -2.42. The number of fused-ring (bicyclic) bond motifs is 3. The lowest BCUT2D eigenvalue weighted by Gasteiger charge is -2.29. The minimum atomic E-state index is -0.326. The number of aryl methyl sites for hydroxylation is 1. The molecule has 5 heteroatoms. The van der Waals surface area contributed by atoms with E-state index in [2.05, 4.69) is 17.6 Å². The molecule has 132 valence electrons. The van der Waals surface area contributed by atoms with Crippen LogP contribution < -0.4 is 16.3 Å². The molecule has 2 aliphatic rings. The van der Waals surface area contributed by atoms with Gasteiger partial charge in [0.2, 0.25) is 0 Å². The van der Waals surface area contributed by atoms with Crippen LogP contribution in [0.15, 0.2) is 33.5 Å². The lowest BCUT2D eigenvalue weighted by atomic mass is 9.84. The molecule has 25 heavy (non-hydrogen) atoms. The van der Waals surface area contributed by atoms with E-state index in [9.17, 15) is 4.79 Å². The van der Waals surface area contributed by atoms with Crippen molar-refractivity contribution < 1.29 is 4.42 Å². The maximum atomic E-state index is 11.6. The molecule has 2 aromatic rings. The van der Waals surface area contributed by atoms with Crippen LogP contribution >= 0.6 is 12.2 Å². The van der Waals surface area contributed by atoms with Crippen molar-refractivity contribution in [3.8, 4) is 0 Å². The van der Waals surface area contributed by atoms with Crippen LogP contribution in [-0.2, 0) is 0 Å². The van der Waals surface area contributed by atoms with Gasteiger partial charge in [-0.1, -0.05) is 6.42 Å². The average Bonchev–Trinajstić information content (AvgIpc) is 3.17. The highest BCUT2D eigenvalue weighted by Gasteiger charge is 2.41. The monoisotopic (exact) mass is 356 g/mol. The first kappa shape index (κ1) is 16.6. The van der Waals surface area contributed by atoms with Crippen LogP contribution in [0.1, 0.15) is 38.2 Å². The second-order valence-electron chi connectivity index (χ2n) is 7.69. The number of thiocarbonyl (C=S) groups is 1. The largest absolute Gasteiger partial charge is 0.423 e. The SMILES string of the molecule is Cc1cc(=O)oc2cc(NC(=S)N[C@H](C)[C@H]3C[C@@H]4CC[C@@H]3C4)ccc12. The maximum absolute atomic E-state index is 11.6. The van der Waals surface area contributed by atoms with Crippen molar-refractivity contribution in [1.29, 1.82) is 0 Å². The third-order valence-electron chi connectivity index (χ3n) is 6.00. The van der Waals surface area contributed by atoms with Crippen molar-refractivity contribution in [2.75, 3.05) is 5.32 Å². The Bertz CT molecular complexity index is 876. The van der Waals surface area contributed by atoms with Gasteiger partial charge in [-0.2, -0.15) is 0 Å². The molecule has 2 saturated carbocycles. The normalized spacial score (nSPS) is 25.9. The van der Waals surface area contributed by atoms with Crippen molar-refractivity contribution in [2.45, 2.75) is 45.6 Å². The molecular weight excluding hydrogens is 332 g/mol. The van der Waals surface area contributed by atoms with Gasteiger partial charge in [0.15, 0.2) is 5.11 Å². The first-order chi connectivity index (χ1) is 12.0. The number of anilines is 1. The molecule has 2 N–H and O–H groups in total. The molecule has 0 aliphatic heterocycles. The van der Waals surface area contributed by atoms with Gasteiger partial charge in [-0.3, -0.25) is 0 Å². The number of hydrogen-bond acceptors (Lipinski definition) is 3. The topological polar surface area (TPSA) is 54.3 Å². The third-order valence-corrected chi connectivity index (χ3v) is 6.22. The summed E-state index contributed by atoms with van der Waals surface area (Å²) in [4.78, 5) is 11.6. The van der Waals surface area contributed by atoms with Crippen LogP contribution in [0.2, 0.25) is 0 Å². The zero-order chi connectivity index (χ0) is 17.6. The standard InChI is InChI=1S/C20H24N2O2S/c1-11-7-19(23)24-18-10-15(5-6-16(11)18)22-20(25)21-12(2)17-9-13-3-4-14(17)8-13/h5-7,10,12-14,17H,3-4,8-9H2,1-2H3,(H2,21,22,25)/t12-,13-,14-,17-/m1/s1. The molecule has 0 radical (unpaired) electrons.